The Morgan fingerprint density at radius 3 is 2.64 bits per heavy atom. The van der Waals surface area contributed by atoms with Crippen LogP contribution in [0.2, 0.25) is 5.02 Å². The van der Waals surface area contributed by atoms with Gasteiger partial charge in [0, 0.05) is 37.3 Å². The van der Waals surface area contributed by atoms with E-state index in [-0.39, 0.29) is 40.6 Å². The Hall–Kier alpha value is -2.79. The number of hydrogen-bond donors (Lipinski definition) is 0. The summed E-state index contributed by atoms with van der Waals surface area (Å²) in [6.45, 7) is 4.46. The quantitative estimate of drug-likeness (QED) is 0.474. The molecule has 9 heteroatoms. The minimum Gasteiger partial charge on any atom is -0.362 e. The monoisotopic (exact) mass is 481 g/mol. The molecule has 4 nitrogen and oxygen atoms in total. The third-order valence-corrected chi connectivity index (χ3v) is 6.39. The zero-order valence-electron chi connectivity index (χ0n) is 18.3. The summed E-state index contributed by atoms with van der Waals surface area (Å²) < 4.78 is 54.5. The summed E-state index contributed by atoms with van der Waals surface area (Å²) in [5.74, 6) is -1.10. The lowest BCUT2D eigenvalue weighted by Crippen LogP contribution is -2.40. The molecule has 2 aromatic rings. The summed E-state index contributed by atoms with van der Waals surface area (Å²) in [6.07, 6.45) is -3.47. The van der Waals surface area contributed by atoms with Crippen molar-refractivity contribution in [2.24, 2.45) is 5.92 Å². The summed E-state index contributed by atoms with van der Waals surface area (Å²) >= 11 is 6.20. The van der Waals surface area contributed by atoms with E-state index >= 15 is 0 Å². The van der Waals surface area contributed by atoms with Gasteiger partial charge >= 0.3 is 6.18 Å². The first-order valence-corrected chi connectivity index (χ1v) is 11.0. The van der Waals surface area contributed by atoms with Crippen molar-refractivity contribution in [3.05, 3.63) is 63.9 Å². The molecule has 176 valence electrons. The van der Waals surface area contributed by atoms with Gasteiger partial charge in [-0.1, -0.05) is 31.5 Å². The molecule has 2 atom stereocenters. The molecule has 0 N–H and O–H groups in total. The van der Waals surface area contributed by atoms with Gasteiger partial charge in [0.2, 0.25) is 5.91 Å². The Balaban J connectivity index is 1.99. The molecule has 2 aromatic carbocycles. The van der Waals surface area contributed by atoms with E-state index in [1.165, 1.54) is 12.1 Å². The highest BCUT2D eigenvalue weighted by Crippen LogP contribution is 2.36. The molecule has 1 fully saturated rings. The molecule has 1 unspecified atom stereocenters. The van der Waals surface area contributed by atoms with Crippen LogP contribution in [0.5, 0.6) is 0 Å². The number of halogens is 5. The fourth-order valence-electron chi connectivity index (χ4n) is 4.02. The molecular formula is C24H24ClF4N3O. The minimum atomic E-state index is -4.72. The van der Waals surface area contributed by atoms with Crippen LogP contribution in [0.1, 0.15) is 43.4 Å². The fourth-order valence-corrected chi connectivity index (χ4v) is 4.24. The van der Waals surface area contributed by atoms with Crippen LogP contribution in [0.3, 0.4) is 0 Å². The lowest BCUT2D eigenvalue weighted by molar-refractivity contribution is -0.138. The normalized spacial score (nSPS) is 17.0. The SMILES string of the molecule is CCC(C)C(=O)N1CC[C@H](N(Cc2ccc(F)cc2C(F)(F)F)c2ccc(C#N)c(Cl)c2)C1. The maximum absolute atomic E-state index is 13.6. The predicted molar refractivity (Wildman–Crippen MR) is 118 cm³/mol. The van der Waals surface area contributed by atoms with E-state index in [1.807, 2.05) is 19.9 Å². The highest BCUT2D eigenvalue weighted by molar-refractivity contribution is 6.32. The summed E-state index contributed by atoms with van der Waals surface area (Å²) in [6, 6.07) is 8.99. The minimum absolute atomic E-state index is 0.00979. The van der Waals surface area contributed by atoms with Crippen molar-refractivity contribution in [1.82, 2.24) is 4.90 Å². The van der Waals surface area contributed by atoms with E-state index < -0.39 is 17.6 Å². The molecule has 0 aromatic heterocycles. The number of hydrogen-bond acceptors (Lipinski definition) is 3. The maximum Gasteiger partial charge on any atom is 0.416 e. The fraction of sp³-hybridized carbons (Fsp3) is 0.417. The van der Waals surface area contributed by atoms with Gasteiger partial charge in [-0.15, -0.1) is 0 Å². The average Bonchev–Trinajstić information content (AvgIpc) is 3.26. The molecule has 1 aliphatic heterocycles. The molecule has 0 spiro atoms. The molecular weight excluding hydrogens is 458 g/mol. The van der Waals surface area contributed by atoms with Crippen molar-refractivity contribution in [3.8, 4) is 6.07 Å². The second-order valence-corrected chi connectivity index (χ2v) is 8.65. The molecule has 1 heterocycles. The third-order valence-electron chi connectivity index (χ3n) is 6.07. The van der Waals surface area contributed by atoms with Crippen LogP contribution in [0, 0.1) is 23.1 Å². The molecule has 0 saturated carbocycles. The number of rotatable bonds is 6. The van der Waals surface area contributed by atoms with E-state index in [2.05, 4.69) is 0 Å². The number of nitrogens with zero attached hydrogens (tertiary/aromatic N) is 3. The molecule has 0 aliphatic carbocycles. The van der Waals surface area contributed by atoms with Gasteiger partial charge < -0.3 is 9.80 Å². The molecule has 1 aliphatic rings. The van der Waals surface area contributed by atoms with Gasteiger partial charge in [0.05, 0.1) is 16.1 Å². The standard InChI is InChI=1S/C24H24ClF4N3O/c1-3-15(2)23(33)31-9-8-20(14-31)32(19-7-5-16(12-30)22(25)11-19)13-17-4-6-18(26)10-21(17)24(27,28)29/h4-7,10-11,15,20H,3,8-9,13-14H2,1-2H3/t15?,20-/m0/s1. The molecule has 33 heavy (non-hydrogen) atoms. The largest absolute Gasteiger partial charge is 0.416 e. The van der Waals surface area contributed by atoms with Gasteiger partial charge in [-0.3, -0.25) is 4.79 Å². The van der Waals surface area contributed by atoms with E-state index in [1.54, 1.807) is 15.9 Å². The lowest BCUT2D eigenvalue weighted by Gasteiger charge is -2.33. The number of carbonyl (C=O) groups is 1. The van der Waals surface area contributed by atoms with Crippen LogP contribution in [0.25, 0.3) is 0 Å². The first-order chi connectivity index (χ1) is 15.5. The molecule has 1 amide bonds. The van der Waals surface area contributed by atoms with Crippen LogP contribution in [0.4, 0.5) is 23.2 Å². The summed E-state index contributed by atoms with van der Waals surface area (Å²) in [7, 11) is 0. The van der Waals surface area contributed by atoms with Gasteiger partial charge in [-0.25, -0.2) is 4.39 Å². The first-order valence-electron chi connectivity index (χ1n) is 10.7. The second kappa shape index (κ2) is 10.0. The topological polar surface area (TPSA) is 47.3 Å². The van der Waals surface area contributed by atoms with Crippen molar-refractivity contribution >= 4 is 23.2 Å². The van der Waals surface area contributed by atoms with Gasteiger partial charge in [0.25, 0.3) is 0 Å². The lowest BCUT2D eigenvalue weighted by atomic mass is 10.0. The van der Waals surface area contributed by atoms with Gasteiger partial charge in [-0.05, 0) is 48.7 Å². The van der Waals surface area contributed by atoms with Crippen molar-refractivity contribution in [1.29, 1.82) is 5.26 Å². The number of benzene rings is 2. The Morgan fingerprint density at radius 1 is 1.30 bits per heavy atom. The Morgan fingerprint density at radius 2 is 2.03 bits per heavy atom. The highest BCUT2D eigenvalue weighted by atomic mass is 35.5. The average molecular weight is 482 g/mol. The van der Waals surface area contributed by atoms with Crippen molar-refractivity contribution < 1.29 is 22.4 Å². The molecule has 0 bridgehead atoms. The molecule has 1 saturated heterocycles. The van der Waals surface area contributed by atoms with Gasteiger partial charge in [0.15, 0.2) is 0 Å². The Labute approximate surface area is 195 Å². The molecule has 0 radical (unpaired) electrons. The zero-order chi connectivity index (χ0) is 24.3. The maximum atomic E-state index is 13.6. The highest BCUT2D eigenvalue weighted by Gasteiger charge is 2.36. The van der Waals surface area contributed by atoms with Crippen molar-refractivity contribution in [3.63, 3.8) is 0 Å². The molecule has 3 rings (SSSR count). The summed E-state index contributed by atoms with van der Waals surface area (Å²) in [5.41, 5.74) is -0.355. The number of likely N-dealkylation sites (tertiary alicyclic amines) is 1. The second-order valence-electron chi connectivity index (χ2n) is 8.24. The smallest absolute Gasteiger partial charge is 0.362 e. The summed E-state index contributed by atoms with van der Waals surface area (Å²) in [5, 5.41) is 9.35. The number of anilines is 1. The number of carbonyl (C=O) groups excluding carboxylic acids is 1. The number of nitriles is 1. The van der Waals surface area contributed by atoms with Crippen LogP contribution in [0.15, 0.2) is 36.4 Å². The Bertz CT molecular complexity index is 1070. The van der Waals surface area contributed by atoms with E-state index in [0.29, 0.717) is 37.7 Å². The number of alkyl halides is 3. The van der Waals surface area contributed by atoms with E-state index in [9.17, 15) is 22.4 Å². The van der Waals surface area contributed by atoms with E-state index in [0.717, 1.165) is 12.1 Å². The summed E-state index contributed by atoms with van der Waals surface area (Å²) in [4.78, 5) is 16.1. The van der Waals surface area contributed by atoms with E-state index in [4.69, 9.17) is 16.9 Å². The van der Waals surface area contributed by atoms with Crippen LogP contribution in [-0.4, -0.2) is 29.9 Å². The van der Waals surface area contributed by atoms with Gasteiger partial charge in [0.1, 0.15) is 11.9 Å². The van der Waals surface area contributed by atoms with Crippen molar-refractivity contribution in [2.45, 2.75) is 45.5 Å². The van der Waals surface area contributed by atoms with Crippen LogP contribution >= 0.6 is 11.6 Å². The van der Waals surface area contributed by atoms with Crippen LogP contribution in [-0.2, 0) is 17.5 Å². The first kappa shape index (κ1) is 24.8. The van der Waals surface area contributed by atoms with Gasteiger partial charge in [-0.2, -0.15) is 18.4 Å². The van der Waals surface area contributed by atoms with Crippen LogP contribution < -0.4 is 4.90 Å². The van der Waals surface area contributed by atoms with Crippen molar-refractivity contribution in [2.75, 3.05) is 18.0 Å². The number of amides is 1. The Kier molecular flexibility index (Phi) is 7.53. The zero-order valence-corrected chi connectivity index (χ0v) is 19.0. The predicted octanol–water partition coefficient (Wildman–Crippen LogP) is 6.02. The third kappa shape index (κ3) is 5.59.